The number of carbonyl (C=O) groups is 1. The molecule has 0 spiro atoms. The zero-order chi connectivity index (χ0) is 19.8. The van der Waals surface area contributed by atoms with E-state index in [1.54, 1.807) is 7.11 Å². The lowest BCUT2D eigenvalue weighted by molar-refractivity contribution is -0.139. The highest BCUT2D eigenvalue weighted by Gasteiger charge is 2.33. The zero-order valence-electron chi connectivity index (χ0n) is 16.3. The molecule has 0 atom stereocenters. The second-order valence-corrected chi connectivity index (χ2v) is 7.61. The third-order valence-electron chi connectivity index (χ3n) is 5.95. The molecule has 144 valence electrons. The molecule has 0 unspecified atom stereocenters. The van der Waals surface area contributed by atoms with Crippen LogP contribution in [0.5, 0.6) is 5.75 Å². The number of aromatic nitrogens is 1. The van der Waals surface area contributed by atoms with Gasteiger partial charge in [0.15, 0.2) is 0 Å². The van der Waals surface area contributed by atoms with E-state index >= 15 is 0 Å². The number of hydrogen-bond donors (Lipinski definition) is 1. The largest absolute Gasteiger partial charge is 0.496 e. The lowest BCUT2D eigenvalue weighted by Crippen LogP contribution is -2.42. The number of aryl methyl sites for hydroxylation is 1. The minimum atomic E-state index is 0.154. The molecule has 0 saturated heterocycles. The van der Waals surface area contributed by atoms with E-state index in [0.29, 0.717) is 25.1 Å². The minimum absolute atomic E-state index is 0.154. The molecule has 0 bridgehead atoms. The van der Waals surface area contributed by atoms with E-state index in [1.807, 2.05) is 30.0 Å². The molecular weight excluding hydrogens is 352 g/mol. The normalized spacial score (nSPS) is 16.1. The highest BCUT2D eigenvalue weighted by Crippen LogP contribution is 2.38. The molecule has 2 aliphatic rings. The van der Waals surface area contributed by atoms with Crippen molar-refractivity contribution >= 4 is 11.7 Å². The van der Waals surface area contributed by atoms with Crippen LogP contribution in [0.2, 0.25) is 0 Å². The van der Waals surface area contributed by atoms with Gasteiger partial charge in [-0.05, 0) is 37.0 Å². The van der Waals surface area contributed by atoms with Gasteiger partial charge < -0.3 is 15.4 Å². The molecule has 4 rings (SSSR count). The van der Waals surface area contributed by atoms with Crippen molar-refractivity contribution in [3.8, 4) is 22.9 Å². The highest BCUT2D eigenvalue weighted by atomic mass is 16.5. The van der Waals surface area contributed by atoms with Gasteiger partial charge in [-0.1, -0.05) is 18.6 Å². The maximum absolute atomic E-state index is 12.8. The smallest absolute Gasteiger partial charge is 0.225 e. The summed E-state index contributed by atoms with van der Waals surface area (Å²) in [6.45, 7) is 3.10. The number of benzene rings is 1. The molecule has 1 aromatic heterocycles. The summed E-state index contributed by atoms with van der Waals surface area (Å²) in [6, 6.07) is 8.09. The van der Waals surface area contributed by atoms with Crippen LogP contribution in [-0.4, -0.2) is 29.4 Å². The molecule has 1 aliphatic heterocycles. The minimum Gasteiger partial charge on any atom is -0.496 e. The summed E-state index contributed by atoms with van der Waals surface area (Å²) in [5, 5.41) is 9.77. The van der Waals surface area contributed by atoms with Gasteiger partial charge in [0, 0.05) is 36.6 Å². The van der Waals surface area contributed by atoms with Crippen molar-refractivity contribution in [1.29, 1.82) is 5.26 Å². The van der Waals surface area contributed by atoms with Gasteiger partial charge in [0.1, 0.15) is 23.2 Å². The predicted molar refractivity (Wildman–Crippen MR) is 107 cm³/mol. The molecule has 28 heavy (non-hydrogen) atoms. The average molecular weight is 376 g/mol. The number of methoxy groups -OCH3 is 1. The Morgan fingerprint density at radius 3 is 2.82 bits per heavy atom. The first-order valence-electron chi connectivity index (χ1n) is 9.68. The van der Waals surface area contributed by atoms with Crippen molar-refractivity contribution in [3.63, 3.8) is 0 Å². The lowest BCUT2D eigenvalue weighted by atomic mass is 9.83. The Balaban J connectivity index is 1.83. The Kier molecular flexibility index (Phi) is 4.68. The van der Waals surface area contributed by atoms with E-state index in [4.69, 9.17) is 10.5 Å². The number of hydrogen-bond acceptors (Lipinski definition) is 5. The molecule has 1 fully saturated rings. The number of nitrogen functional groups attached to an aromatic ring is 1. The number of amides is 1. The fraction of sp³-hybridized carbons (Fsp3) is 0.409. The van der Waals surface area contributed by atoms with Crippen LogP contribution < -0.4 is 10.5 Å². The number of carbonyl (C=O) groups excluding carboxylic acids is 1. The van der Waals surface area contributed by atoms with Crippen LogP contribution in [-0.2, 0) is 17.8 Å². The Bertz CT molecular complexity index is 989. The van der Waals surface area contributed by atoms with E-state index in [9.17, 15) is 10.1 Å². The maximum atomic E-state index is 12.8. The average Bonchev–Trinajstić information content (AvgIpc) is 2.65. The van der Waals surface area contributed by atoms with E-state index < -0.39 is 0 Å². The summed E-state index contributed by atoms with van der Waals surface area (Å²) in [5.41, 5.74) is 10.9. The Morgan fingerprint density at radius 1 is 1.39 bits per heavy atom. The molecule has 1 aromatic carbocycles. The van der Waals surface area contributed by atoms with Crippen LogP contribution in [0.15, 0.2) is 18.2 Å². The van der Waals surface area contributed by atoms with Gasteiger partial charge >= 0.3 is 0 Å². The Morgan fingerprint density at radius 2 is 2.18 bits per heavy atom. The van der Waals surface area contributed by atoms with Gasteiger partial charge in [-0.2, -0.15) is 5.26 Å². The van der Waals surface area contributed by atoms with Gasteiger partial charge in [0.05, 0.1) is 12.8 Å². The first kappa shape index (κ1) is 18.3. The van der Waals surface area contributed by atoms with Crippen LogP contribution in [0.25, 0.3) is 11.1 Å². The van der Waals surface area contributed by atoms with Crippen molar-refractivity contribution in [2.75, 3.05) is 19.4 Å². The molecule has 6 heteroatoms. The quantitative estimate of drug-likeness (QED) is 0.888. The zero-order valence-corrected chi connectivity index (χ0v) is 16.3. The van der Waals surface area contributed by atoms with E-state index in [0.717, 1.165) is 53.0 Å². The van der Waals surface area contributed by atoms with Crippen LogP contribution >= 0.6 is 0 Å². The number of pyridine rings is 1. The van der Waals surface area contributed by atoms with Crippen molar-refractivity contribution in [2.45, 2.75) is 39.2 Å². The van der Waals surface area contributed by atoms with E-state index in [1.165, 1.54) is 0 Å². The van der Waals surface area contributed by atoms with Crippen LogP contribution in [0, 0.1) is 24.2 Å². The molecule has 1 saturated carbocycles. The summed E-state index contributed by atoms with van der Waals surface area (Å²) < 4.78 is 5.47. The standard InChI is InChI=1S/C22H24N4O2/c1-13-6-7-15(10-19(13)28-2)20-16(11-23)21(24)25-18-8-9-26(12-17(18)20)22(27)14-4-3-5-14/h6-7,10,14H,3-5,8-9,12H2,1-2H3,(H2,24,25). The molecule has 0 radical (unpaired) electrons. The van der Waals surface area contributed by atoms with E-state index in [-0.39, 0.29) is 17.6 Å². The second-order valence-electron chi connectivity index (χ2n) is 7.61. The topological polar surface area (TPSA) is 92.2 Å². The second kappa shape index (κ2) is 7.16. The lowest BCUT2D eigenvalue weighted by Gasteiger charge is -2.35. The number of rotatable bonds is 3. The monoisotopic (exact) mass is 376 g/mol. The predicted octanol–water partition coefficient (Wildman–Crippen LogP) is 3.20. The number of ether oxygens (including phenoxy) is 1. The van der Waals surface area contributed by atoms with Gasteiger partial charge in [0.2, 0.25) is 5.91 Å². The highest BCUT2D eigenvalue weighted by molar-refractivity contribution is 5.83. The van der Waals surface area contributed by atoms with Gasteiger partial charge in [-0.3, -0.25) is 4.79 Å². The first-order valence-corrected chi connectivity index (χ1v) is 9.68. The molecular formula is C22H24N4O2. The van der Waals surface area contributed by atoms with Gasteiger partial charge in [0.25, 0.3) is 0 Å². The summed E-state index contributed by atoms with van der Waals surface area (Å²) in [4.78, 5) is 19.2. The summed E-state index contributed by atoms with van der Waals surface area (Å²) in [5.74, 6) is 1.37. The van der Waals surface area contributed by atoms with Crippen molar-refractivity contribution < 1.29 is 9.53 Å². The number of fused-ring (bicyclic) bond motifs is 1. The molecule has 1 amide bonds. The van der Waals surface area contributed by atoms with Crippen molar-refractivity contribution in [3.05, 3.63) is 40.6 Å². The molecule has 6 nitrogen and oxygen atoms in total. The number of nitrogens with two attached hydrogens (primary N) is 1. The molecule has 1 aliphatic carbocycles. The molecule has 2 N–H and O–H groups in total. The van der Waals surface area contributed by atoms with Gasteiger partial charge in [-0.25, -0.2) is 4.98 Å². The fourth-order valence-electron chi connectivity index (χ4n) is 4.09. The van der Waals surface area contributed by atoms with E-state index in [2.05, 4.69) is 11.1 Å². The molecule has 2 aromatic rings. The SMILES string of the molecule is COc1cc(-c2c(C#N)c(N)nc3c2CN(C(=O)C2CCC2)CC3)ccc1C. The number of nitriles is 1. The third kappa shape index (κ3) is 2.97. The fourth-order valence-corrected chi connectivity index (χ4v) is 4.09. The summed E-state index contributed by atoms with van der Waals surface area (Å²) in [7, 11) is 1.63. The van der Waals surface area contributed by atoms with Crippen LogP contribution in [0.1, 0.15) is 41.6 Å². The Labute approximate surface area is 164 Å². The summed E-state index contributed by atoms with van der Waals surface area (Å²) >= 11 is 0. The van der Waals surface area contributed by atoms with Crippen LogP contribution in [0.3, 0.4) is 0 Å². The third-order valence-corrected chi connectivity index (χ3v) is 5.95. The first-order chi connectivity index (χ1) is 13.5. The maximum Gasteiger partial charge on any atom is 0.225 e. The van der Waals surface area contributed by atoms with Crippen LogP contribution in [0.4, 0.5) is 5.82 Å². The Hall–Kier alpha value is -3.07. The number of anilines is 1. The number of nitrogens with zero attached hydrogens (tertiary/aromatic N) is 3. The van der Waals surface area contributed by atoms with Crippen molar-refractivity contribution in [2.24, 2.45) is 5.92 Å². The summed E-state index contributed by atoms with van der Waals surface area (Å²) in [6.07, 6.45) is 3.74. The van der Waals surface area contributed by atoms with Crippen molar-refractivity contribution in [1.82, 2.24) is 9.88 Å². The molecule has 2 heterocycles. The van der Waals surface area contributed by atoms with Gasteiger partial charge in [-0.15, -0.1) is 0 Å².